The van der Waals surface area contributed by atoms with E-state index in [0.717, 1.165) is 17.1 Å². The summed E-state index contributed by atoms with van der Waals surface area (Å²) in [5, 5.41) is 0. The van der Waals surface area contributed by atoms with Crippen LogP contribution in [0, 0.1) is 0 Å². The Balaban J connectivity index is 1.86. The lowest BCUT2D eigenvalue weighted by Gasteiger charge is -2.32. The van der Waals surface area contributed by atoms with Crippen LogP contribution in [0.4, 0.5) is 0 Å². The first-order valence-corrected chi connectivity index (χ1v) is 11.2. The number of methoxy groups -OCH3 is 2. The molecule has 28 heavy (non-hydrogen) atoms. The first kappa shape index (κ1) is 19.4. The molecule has 2 aliphatic carbocycles. The quantitative estimate of drug-likeness (QED) is 0.537. The van der Waals surface area contributed by atoms with Gasteiger partial charge in [0.1, 0.15) is 11.5 Å². The molecule has 2 heteroatoms. The maximum atomic E-state index is 6.16. The van der Waals surface area contributed by atoms with E-state index in [4.69, 9.17) is 9.47 Å². The fraction of sp³-hybridized carbons (Fsp3) is 0.538. The van der Waals surface area contributed by atoms with E-state index in [9.17, 15) is 0 Å². The summed E-state index contributed by atoms with van der Waals surface area (Å²) in [6.07, 6.45) is 13.4. The van der Waals surface area contributed by atoms with Crippen LogP contribution in [0.3, 0.4) is 0 Å². The number of para-hydroxylation sites is 1. The SMILES string of the molecule is COc1ccccc1-c1ccc(C2CCCCC2)c(C2CCCCC2)c1OC. The largest absolute Gasteiger partial charge is 0.496 e. The van der Waals surface area contributed by atoms with Crippen LogP contribution in [0.1, 0.15) is 87.2 Å². The van der Waals surface area contributed by atoms with Gasteiger partial charge in [0.25, 0.3) is 0 Å². The lowest BCUT2D eigenvalue weighted by molar-refractivity contribution is 0.378. The zero-order chi connectivity index (χ0) is 19.3. The van der Waals surface area contributed by atoms with Crippen molar-refractivity contribution in [3.63, 3.8) is 0 Å². The number of ether oxygens (including phenoxy) is 2. The summed E-state index contributed by atoms with van der Waals surface area (Å²) >= 11 is 0. The lowest BCUT2D eigenvalue weighted by Crippen LogP contribution is -2.14. The molecule has 150 valence electrons. The van der Waals surface area contributed by atoms with Gasteiger partial charge in [-0.1, -0.05) is 68.9 Å². The fourth-order valence-corrected chi connectivity index (χ4v) is 5.50. The van der Waals surface area contributed by atoms with E-state index in [1.54, 1.807) is 12.7 Å². The van der Waals surface area contributed by atoms with E-state index in [1.165, 1.54) is 75.3 Å². The minimum absolute atomic E-state index is 0.635. The smallest absolute Gasteiger partial charge is 0.130 e. The Labute approximate surface area is 170 Å². The van der Waals surface area contributed by atoms with Crippen LogP contribution >= 0.6 is 0 Å². The van der Waals surface area contributed by atoms with Gasteiger partial charge in [-0.05, 0) is 49.1 Å². The molecular formula is C26H34O2. The van der Waals surface area contributed by atoms with E-state index in [0.29, 0.717) is 11.8 Å². The number of benzene rings is 2. The third kappa shape index (κ3) is 3.79. The van der Waals surface area contributed by atoms with E-state index < -0.39 is 0 Å². The molecule has 0 amide bonds. The number of hydrogen-bond donors (Lipinski definition) is 0. The third-order valence-electron chi connectivity index (χ3n) is 6.89. The fourth-order valence-electron chi connectivity index (χ4n) is 5.50. The molecule has 0 unspecified atom stereocenters. The zero-order valence-corrected chi connectivity index (χ0v) is 17.5. The highest BCUT2D eigenvalue weighted by atomic mass is 16.5. The van der Waals surface area contributed by atoms with Crippen molar-refractivity contribution < 1.29 is 9.47 Å². The monoisotopic (exact) mass is 378 g/mol. The third-order valence-corrected chi connectivity index (χ3v) is 6.89. The minimum Gasteiger partial charge on any atom is -0.496 e. The van der Waals surface area contributed by atoms with Crippen LogP contribution in [0.25, 0.3) is 11.1 Å². The molecule has 2 saturated carbocycles. The Hall–Kier alpha value is -1.96. The molecule has 2 aromatic rings. The second-order valence-corrected chi connectivity index (χ2v) is 8.52. The van der Waals surface area contributed by atoms with Gasteiger partial charge >= 0.3 is 0 Å². The molecule has 2 aromatic carbocycles. The van der Waals surface area contributed by atoms with Gasteiger partial charge in [-0.15, -0.1) is 0 Å². The van der Waals surface area contributed by atoms with Crippen molar-refractivity contribution in [1.29, 1.82) is 0 Å². The predicted octanol–water partition coefficient (Wildman–Crippen LogP) is 7.47. The molecule has 4 rings (SSSR count). The van der Waals surface area contributed by atoms with Gasteiger partial charge in [0.2, 0.25) is 0 Å². The Morgan fingerprint density at radius 2 is 1.29 bits per heavy atom. The lowest BCUT2D eigenvalue weighted by atomic mass is 9.74. The predicted molar refractivity (Wildman–Crippen MR) is 117 cm³/mol. The maximum absolute atomic E-state index is 6.16. The molecule has 0 heterocycles. The number of rotatable bonds is 5. The average molecular weight is 379 g/mol. The highest BCUT2D eigenvalue weighted by Gasteiger charge is 2.29. The van der Waals surface area contributed by atoms with Gasteiger partial charge in [0.05, 0.1) is 14.2 Å². The Bertz CT molecular complexity index is 783. The molecule has 0 atom stereocenters. The Morgan fingerprint density at radius 3 is 1.93 bits per heavy atom. The van der Waals surface area contributed by atoms with E-state index in [1.807, 2.05) is 19.2 Å². The summed E-state index contributed by atoms with van der Waals surface area (Å²) in [4.78, 5) is 0. The molecule has 0 aliphatic heterocycles. The van der Waals surface area contributed by atoms with Crippen molar-refractivity contribution in [2.24, 2.45) is 0 Å². The molecule has 2 nitrogen and oxygen atoms in total. The van der Waals surface area contributed by atoms with Crippen LogP contribution in [-0.2, 0) is 0 Å². The van der Waals surface area contributed by atoms with Crippen molar-refractivity contribution >= 4 is 0 Å². The number of hydrogen-bond acceptors (Lipinski definition) is 2. The normalized spacial score (nSPS) is 18.8. The highest BCUT2D eigenvalue weighted by Crippen LogP contribution is 2.49. The highest BCUT2D eigenvalue weighted by molar-refractivity contribution is 5.78. The van der Waals surface area contributed by atoms with Crippen LogP contribution in [0.2, 0.25) is 0 Å². The molecule has 0 saturated heterocycles. The van der Waals surface area contributed by atoms with Gasteiger partial charge < -0.3 is 9.47 Å². The average Bonchev–Trinajstić information content (AvgIpc) is 2.79. The molecule has 0 radical (unpaired) electrons. The second kappa shape index (κ2) is 9.03. The van der Waals surface area contributed by atoms with Gasteiger partial charge in [0, 0.05) is 16.7 Å². The van der Waals surface area contributed by atoms with Gasteiger partial charge in [-0.2, -0.15) is 0 Å². The van der Waals surface area contributed by atoms with Gasteiger partial charge in [0.15, 0.2) is 0 Å². The summed E-state index contributed by atoms with van der Waals surface area (Å²) < 4.78 is 11.8. The molecule has 2 aliphatic rings. The zero-order valence-electron chi connectivity index (χ0n) is 17.5. The van der Waals surface area contributed by atoms with Crippen molar-refractivity contribution in [2.75, 3.05) is 14.2 Å². The van der Waals surface area contributed by atoms with Crippen molar-refractivity contribution in [1.82, 2.24) is 0 Å². The van der Waals surface area contributed by atoms with E-state index >= 15 is 0 Å². The van der Waals surface area contributed by atoms with Crippen molar-refractivity contribution in [2.45, 2.75) is 76.0 Å². The summed E-state index contributed by atoms with van der Waals surface area (Å²) in [6.45, 7) is 0. The molecular weight excluding hydrogens is 344 g/mol. The minimum atomic E-state index is 0.635. The Morgan fingerprint density at radius 1 is 0.643 bits per heavy atom. The van der Waals surface area contributed by atoms with Crippen molar-refractivity contribution in [3.05, 3.63) is 47.5 Å². The van der Waals surface area contributed by atoms with E-state index in [-0.39, 0.29) is 0 Å². The van der Waals surface area contributed by atoms with Crippen molar-refractivity contribution in [3.8, 4) is 22.6 Å². The maximum Gasteiger partial charge on any atom is 0.130 e. The summed E-state index contributed by atoms with van der Waals surface area (Å²) in [5.74, 6) is 3.35. The summed E-state index contributed by atoms with van der Waals surface area (Å²) in [7, 11) is 3.61. The van der Waals surface area contributed by atoms with E-state index in [2.05, 4.69) is 24.3 Å². The van der Waals surface area contributed by atoms with Crippen LogP contribution < -0.4 is 9.47 Å². The van der Waals surface area contributed by atoms with Crippen LogP contribution in [0.5, 0.6) is 11.5 Å². The van der Waals surface area contributed by atoms with Gasteiger partial charge in [-0.3, -0.25) is 0 Å². The first-order chi connectivity index (χ1) is 13.8. The van der Waals surface area contributed by atoms with Crippen LogP contribution in [-0.4, -0.2) is 14.2 Å². The second-order valence-electron chi connectivity index (χ2n) is 8.52. The molecule has 0 N–H and O–H groups in total. The van der Waals surface area contributed by atoms with Gasteiger partial charge in [-0.25, -0.2) is 0 Å². The molecule has 0 bridgehead atoms. The first-order valence-electron chi connectivity index (χ1n) is 11.2. The molecule has 0 aromatic heterocycles. The van der Waals surface area contributed by atoms with Crippen LogP contribution in [0.15, 0.2) is 36.4 Å². The topological polar surface area (TPSA) is 18.5 Å². The Kier molecular flexibility index (Phi) is 6.24. The summed E-state index contributed by atoms with van der Waals surface area (Å²) in [6, 6.07) is 13.0. The molecule has 2 fully saturated rings. The molecule has 0 spiro atoms. The standard InChI is InChI=1S/C26H34O2/c1-27-24-16-10-9-15-22(24)23-18-17-21(19-11-5-3-6-12-19)25(26(23)28-2)20-13-7-4-8-14-20/h9-10,15-20H,3-8,11-14H2,1-2H3. The summed E-state index contributed by atoms with van der Waals surface area (Å²) in [5.41, 5.74) is 5.40.